The summed E-state index contributed by atoms with van der Waals surface area (Å²) in [5.41, 5.74) is -1.17. The van der Waals surface area contributed by atoms with E-state index in [4.69, 9.17) is 9.84 Å². The van der Waals surface area contributed by atoms with Crippen molar-refractivity contribution in [1.29, 1.82) is 0 Å². The van der Waals surface area contributed by atoms with Crippen molar-refractivity contribution in [1.82, 2.24) is 0 Å². The highest BCUT2D eigenvalue weighted by molar-refractivity contribution is 5.76. The summed E-state index contributed by atoms with van der Waals surface area (Å²) in [7, 11) is 1.00. The van der Waals surface area contributed by atoms with Crippen LogP contribution in [-0.4, -0.2) is 53.9 Å². The minimum absolute atomic E-state index is 0.00639. The van der Waals surface area contributed by atoms with E-state index in [2.05, 4.69) is 4.74 Å². The van der Waals surface area contributed by atoms with Gasteiger partial charge in [-0.3, -0.25) is 9.59 Å². The topological polar surface area (TPSA) is 110 Å². The van der Waals surface area contributed by atoms with Crippen molar-refractivity contribution in [3.63, 3.8) is 0 Å². The number of carbonyl (C=O) groups is 3. The van der Waals surface area contributed by atoms with E-state index in [1.54, 1.807) is 6.92 Å². The molecular formula is C15H28O7. The summed E-state index contributed by atoms with van der Waals surface area (Å²) < 4.78 is 9.22. The molecule has 2 fully saturated rings. The zero-order valence-corrected chi connectivity index (χ0v) is 14.0. The third kappa shape index (κ3) is 8.74. The van der Waals surface area contributed by atoms with Crippen LogP contribution in [0.4, 0.5) is 0 Å². The van der Waals surface area contributed by atoms with Crippen LogP contribution in [0.15, 0.2) is 0 Å². The van der Waals surface area contributed by atoms with Crippen LogP contribution in [0.3, 0.4) is 0 Å². The fourth-order valence-electron chi connectivity index (χ4n) is 1.81. The molecule has 0 aromatic heterocycles. The van der Waals surface area contributed by atoms with Gasteiger partial charge in [-0.2, -0.15) is 0 Å². The summed E-state index contributed by atoms with van der Waals surface area (Å²) in [5, 5.41) is 16.7. The van der Waals surface area contributed by atoms with Crippen LogP contribution in [0.25, 0.3) is 0 Å². The summed E-state index contributed by atoms with van der Waals surface area (Å²) in [5.74, 6) is -0.321. The molecule has 2 rings (SSSR count). The number of aliphatic hydroxyl groups excluding tert-OH is 1. The van der Waals surface area contributed by atoms with E-state index >= 15 is 0 Å². The molecule has 3 unspecified atom stereocenters. The minimum Gasteiger partial charge on any atom is -0.464 e. The smallest absolute Gasteiger partial charge is 0.312 e. The van der Waals surface area contributed by atoms with Crippen molar-refractivity contribution in [3.05, 3.63) is 0 Å². The van der Waals surface area contributed by atoms with Crippen molar-refractivity contribution < 1.29 is 34.1 Å². The zero-order valence-electron chi connectivity index (χ0n) is 14.0. The molecule has 0 amide bonds. The normalized spacial score (nSPS) is 28.7. The number of cyclic esters (lactones) is 2. The van der Waals surface area contributed by atoms with E-state index in [1.807, 2.05) is 20.8 Å². The Hall–Kier alpha value is -1.47. The highest BCUT2D eigenvalue weighted by Gasteiger charge is 2.37. The lowest BCUT2D eigenvalue weighted by Gasteiger charge is -2.33. The Kier molecular flexibility index (Phi) is 12.6. The maximum Gasteiger partial charge on any atom is 0.312 e. The standard InChI is InChI=1S/C8H12O4.C4H6O2.C2H6.CH4O/c1-6-4-8(11,2-3-9)5-7(10)12-6;1-3-2-6-4(3)5;2*1-2/h3,6,11H,2,4-5H2,1H3;3H,2H2,1H3;1-2H3;2H,1H3. The molecule has 2 aliphatic rings. The van der Waals surface area contributed by atoms with E-state index in [1.165, 1.54) is 0 Å². The lowest BCUT2D eigenvalue weighted by atomic mass is 9.88. The summed E-state index contributed by atoms with van der Waals surface area (Å²) in [6.07, 6.45) is 0.613. The second-order valence-corrected chi connectivity index (χ2v) is 4.81. The molecule has 2 N–H and O–H groups in total. The van der Waals surface area contributed by atoms with E-state index in [-0.39, 0.29) is 30.8 Å². The summed E-state index contributed by atoms with van der Waals surface area (Å²) >= 11 is 0. The Morgan fingerprint density at radius 3 is 2.05 bits per heavy atom. The quantitative estimate of drug-likeness (QED) is 0.573. The molecule has 2 saturated heterocycles. The molecule has 0 spiro atoms. The monoisotopic (exact) mass is 320 g/mol. The Morgan fingerprint density at radius 2 is 1.77 bits per heavy atom. The average Bonchev–Trinajstić information content (AvgIpc) is 2.48. The first kappa shape index (κ1) is 22.8. The molecule has 0 aromatic rings. The number of aldehydes is 1. The fraction of sp³-hybridized carbons (Fsp3) is 0.800. The fourth-order valence-corrected chi connectivity index (χ4v) is 1.81. The first-order valence-electron chi connectivity index (χ1n) is 7.33. The second kappa shape index (κ2) is 12.1. The van der Waals surface area contributed by atoms with Crippen molar-refractivity contribution in [2.75, 3.05) is 13.7 Å². The highest BCUT2D eigenvalue weighted by atomic mass is 16.6. The summed E-state index contributed by atoms with van der Waals surface area (Å²) in [6, 6.07) is 0. The molecule has 130 valence electrons. The summed E-state index contributed by atoms with van der Waals surface area (Å²) in [4.78, 5) is 31.1. The van der Waals surface area contributed by atoms with E-state index < -0.39 is 11.6 Å². The molecule has 0 radical (unpaired) electrons. The van der Waals surface area contributed by atoms with Gasteiger partial charge in [-0.1, -0.05) is 13.8 Å². The van der Waals surface area contributed by atoms with Crippen LogP contribution >= 0.6 is 0 Å². The number of ether oxygens (including phenoxy) is 2. The zero-order chi connectivity index (χ0) is 17.8. The van der Waals surface area contributed by atoms with Gasteiger partial charge in [-0.25, -0.2) is 0 Å². The maximum atomic E-state index is 10.9. The first-order valence-corrected chi connectivity index (χ1v) is 7.33. The van der Waals surface area contributed by atoms with Crippen molar-refractivity contribution >= 4 is 18.2 Å². The molecule has 0 bridgehead atoms. The summed E-state index contributed by atoms with van der Waals surface area (Å²) in [6.45, 7) is 8.18. The Balaban J connectivity index is 0. The average molecular weight is 320 g/mol. The number of carbonyl (C=O) groups excluding carboxylic acids is 3. The Morgan fingerprint density at radius 1 is 1.27 bits per heavy atom. The molecule has 0 saturated carbocycles. The van der Waals surface area contributed by atoms with Crippen LogP contribution in [0.5, 0.6) is 0 Å². The molecule has 2 aliphatic heterocycles. The molecule has 3 atom stereocenters. The number of rotatable bonds is 2. The van der Waals surface area contributed by atoms with Crippen LogP contribution in [-0.2, 0) is 23.9 Å². The number of esters is 2. The second-order valence-electron chi connectivity index (χ2n) is 4.81. The Labute approximate surface area is 131 Å². The predicted molar refractivity (Wildman–Crippen MR) is 80.0 cm³/mol. The van der Waals surface area contributed by atoms with Gasteiger partial charge in [0, 0.05) is 20.0 Å². The van der Waals surface area contributed by atoms with Gasteiger partial charge in [0.25, 0.3) is 0 Å². The van der Waals surface area contributed by atoms with Gasteiger partial charge in [0.1, 0.15) is 19.0 Å². The van der Waals surface area contributed by atoms with Crippen LogP contribution in [0.1, 0.15) is 47.0 Å². The van der Waals surface area contributed by atoms with Gasteiger partial charge in [0.2, 0.25) is 0 Å². The predicted octanol–water partition coefficient (Wildman–Crippen LogP) is 0.846. The van der Waals surface area contributed by atoms with Gasteiger partial charge in [0.05, 0.1) is 17.9 Å². The molecular weight excluding hydrogens is 292 g/mol. The van der Waals surface area contributed by atoms with E-state index in [0.29, 0.717) is 19.3 Å². The SMILES string of the molecule is CC.CC1CC(O)(CC=O)CC(=O)O1.CC1COC1=O.CO. The van der Waals surface area contributed by atoms with Gasteiger partial charge >= 0.3 is 11.9 Å². The van der Waals surface area contributed by atoms with Crippen LogP contribution in [0.2, 0.25) is 0 Å². The van der Waals surface area contributed by atoms with Crippen LogP contribution < -0.4 is 0 Å². The maximum absolute atomic E-state index is 10.9. The molecule has 0 aromatic carbocycles. The third-order valence-corrected chi connectivity index (χ3v) is 2.81. The largest absolute Gasteiger partial charge is 0.464 e. The van der Waals surface area contributed by atoms with Crippen molar-refractivity contribution in [2.24, 2.45) is 5.92 Å². The van der Waals surface area contributed by atoms with Gasteiger partial charge in [-0.05, 0) is 13.8 Å². The molecule has 7 heteroatoms. The molecule has 7 nitrogen and oxygen atoms in total. The number of aliphatic hydroxyl groups is 2. The third-order valence-electron chi connectivity index (χ3n) is 2.81. The lowest BCUT2D eigenvalue weighted by Crippen LogP contribution is -2.42. The van der Waals surface area contributed by atoms with Crippen molar-refractivity contribution in [3.8, 4) is 0 Å². The van der Waals surface area contributed by atoms with Crippen LogP contribution in [0, 0.1) is 5.92 Å². The van der Waals surface area contributed by atoms with E-state index in [9.17, 15) is 19.5 Å². The lowest BCUT2D eigenvalue weighted by molar-refractivity contribution is -0.169. The highest BCUT2D eigenvalue weighted by Crippen LogP contribution is 2.27. The minimum atomic E-state index is -1.17. The Bertz CT molecular complexity index is 343. The van der Waals surface area contributed by atoms with Gasteiger partial charge < -0.3 is 24.5 Å². The molecule has 0 aliphatic carbocycles. The van der Waals surface area contributed by atoms with Gasteiger partial charge in [0.15, 0.2) is 0 Å². The number of hydrogen-bond acceptors (Lipinski definition) is 7. The molecule has 22 heavy (non-hydrogen) atoms. The van der Waals surface area contributed by atoms with E-state index in [0.717, 1.165) is 7.11 Å². The molecule has 2 heterocycles. The van der Waals surface area contributed by atoms with Gasteiger partial charge in [-0.15, -0.1) is 0 Å². The van der Waals surface area contributed by atoms with Crippen molar-refractivity contribution in [2.45, 2.75) is 58.7 Å². The first-order chi connectivity index (χ1) is 10.4. The number of hydrogen-bond donors (Lipinski definition) is 2.